The van der Waals surface area contributed by atoms with Gasteiger partial charge in [0.25, 0.3) is 56.3 Å². The number of azo groups is 4. The van der Waals surface area contributed by atoms with E-state index in [1.807, 2.05) is 0 Å². The molecule has 9 N–H and O–H groups in total. The van der Waals surface area contributed by atoms with Crippen LogP contribution in [0.25, 0.3) is 16.7 Å². The zero-order valence-electron chi connectivity index (χ0n) is 58.9. The fraction of sp³-hybridized carbons (Fsp3) is 0.246. The number of aromatic hydroxyl groups is 1. The molecular weight excluding hydrogens is 1720 g/mol. The maximum absolute atomic E-state index is 12.4. The number of rotatable bonds is 35. The number of non-ortho nitro benzene ring substituents is 1. The van der Waals surface area contributed by atoms with Gasteiger partial charge in [-0.1, -0.05) is 30.0 Å². The number of benzene rings is 6. The van der Waals surface area contributed by atoms with Gasteiger partial charge in [0.05, 0.1) is 67.5 Å². The summed E-state index contributed by atoms with van der Waals surface area (Å²) in [5, 5.41) is 84.3. The van der Waals surface area contributed by atoms with E-state index in [2.05, 4.69) is 77.6 Å². The highest BCUT2D eigenvalue weighted by Crippen LogP contribution is 2.46. The van der Waals surface area contributed by atoms with Gasteiger partial charge in [-0.25, -0.2) is 4.98 Å². The lowest BCUT2D eigenvalue weighted by Crippen LogP contribution is -2.08. The first-order valence-corrected chi connectivity index (χ1v) is 44.5. The summed E-state index contributed by atoms with van der Waals surface area (Å²) in [7, 11) is -29.5. The Morgan fingerprint density at radius 3 is 1.68 bits per heavy atom. The smallest absolute Gasteiger partial charge is 0.425 e. The van der Waals surface area contributed by atoms with Gasteiger partial charge in [0, 0.05) is 51.4 Å². The van der Waals surface area contributed by atoms with E-state index < -0.39 is 127 Å². The minimum atomic E-state index is -5.12. The number of hydrogen-bond donors (Lipinski definition) is 9. The van der Waals surface area contributed by atoms with Crippen LogP contribution in [-0.4, -0.2) is 177 Å². The molecule has 115 heavy (non-hydrogen) atoms. The molecule has 9 aromatic rings. The lowest BCUT2D eigenvalue weighted by Gasteiger charge is -2.14. The largest absolute Gasteiger partial charge is 0.493 e. The monoisotopic (exact) mass is 1780 g/mol. The van der Waals surface area contributed by atoms with E-state index in [9.17, 15) is 95.2 Å². The topological polar surface area (TPSA) is 687 Å². The van der Waals surface area contributed by atoms with Crippen LogP contribution in [0.4, 0.5) is 74.5 Å². The van der Waals surface area contributed by atoms with E-state index in [1.165, 1.54) is 66.8 Å². The number of ether oxygens (including phenoxy) is 1. The van der Waals surface area contributed by atoms with Crippen molar-refractivity contribution in [2.75, 3.05) is 51.8 Å². The van der Waals surface area contributed by atoms with Gasteiger partial charge in [0.1, 0.15) is 45.0 Å². The first kappa shape index (κ1) is 91.3. The highest BCUT2D eigenvalue weighted by Gasteiger charge is 2.25. The highest BCUT2D eigenvalue weighted by molar-refractivity contribution is 8.00. The number of anilines is 4. The number of carboxylic acid groups (broad SMARTS) is 1. The number of nitrogens with zero attached hydrogens (tertiary/aromatic N) is 15. The van der Waals surface area contributed by atoms with Gasteiger partial charge in [0.2, 0.25) is 17.8 Å². The minimum absolute atomic E-state index is 0.00968. The van der Waals surface area contributed by atoms with Gasteiger partial charge in [0.15, 0.2) is 16.5 Å². The Kier molecular flexibility index (Phi) is 32.1. The van der Waals surface area contributed by atoms with Gasteiger partial charge in [-0.05, 0) is 136 Å². The Labute approximate surface area is 667 Å². The number of nitrogens with one attached hydrogen (secondary N) is 2. The van der Waals surface area contributed by atoms with Crippen LogP contribution < -0.4 is 15.4 Å². The number of nitro groups is 1. The molecule has 3 aromatic heterocycles. The summed E-state index contributed by atoms with van der Waals surface area (Å²) in [5.74, 6) is -4.08. The number of aliphatic carboxylic acids is 1. The maximum atomic E-state index is 12.4. The third-order valence-corrected chi connectivity index (χ3v) is 21.9. The van der Waals surface area contributed by atoms with E-state index in [4.69, 9.17) is 30.0 Å². The molecule has 0 aliphatic carbocycles. The molecule has 0 atom stereocenters. The number of fused-ring (bicyclic) bond motifs is 3. The summed E-state index contributed by atoms with van der Waals surface area (Å²) in [6, 6.07) is 24.7. The van der Waals surface area contributed by atoms with E-state index in [1.54, 1.807) is 31.2 Å². The molecule has 0 amide bonds. The SMILES string of the molecule is Cc1cc(N=Nc2c(C)c(C#N)c3nc4ccccc4n3c2O)c(OCCCS(=O)(=O)O)cc1N=Nc1cc(Nc2nc(Nc3cccc(S(=O)(=O)O)c3)nc(SCCCC(=O)O)n2)c(N=Nc2cc(C)c(N=Nc3ccc([N+](=O)[O-])cc3S(=O)(=O)O)cc2SCCCS(=O)(=O)O)cc1SCCCS(=O)(=O)O.O=S(=O)=O.O=S(=O)=O. The van der Waals surface area contributed by atoms with Crippen LogP contribution in [0, 0.1) is 42.2 Å². The molecule has 610 valence electrons. The Balaban J connectivity index is 0.00000218. The Hall–Kier alpha value is -10.9. The van der Waals surface area contributed by atoms with Crippen molar-refractivity contribution in [1.29, 1.82) is 5.26 Å². The third-order valence-electron chi connectivity index (χ3n) is 14.6. The Bertz CT molecular complexity index is 6260. The van der Waals surface area contributed by atoms with Crippen LogP contribution >= 0.6 is 35.3 Å². The molecule has 0 spiro atoms. The van der Waals surface area contributed by atoms with Crippen molar-refractivity contribution >= 4 is 204 Å². The average Bonchev–Trinajstić information content (AvgIpc) is 1.60. The van der Waals surface area contributed by atoms with Crippen molar-refractivity contribution in [3.8, 4) is 17.7 Å². The van der Waals surface area contributed by atoms with Crippen molar-refractivity contribution in [3.05, 3.63) is 135 Å². The standard InChI is InChI=1S/C61H59N17O21S8.2O3S/c1-34-25-47(73-76-56-36(3)40(33-62)57-64-41-13-4-5-14-50(41)77(57)58(56)81)51(99-18-8-22-103(84,85)86)30-43(34)70-75-49-29-45(65-60-66-59(67-61(68-60)102-19-7-15-55(79)80)63-37-11-6-12-39(27-37)106(93,94)95)46(32-53(49)101-21-10-24-105(90,91)92)72-74-48-26-35(2)44(31-52(48)100-20-9-23-104(87,88)89)71-69-42-17-16-38(78(82)83)28-54(42)107(96,97)98;2*1-4(2)3/h4-6,11-14,16-17,25-32,81H,7-10,15,18-24H2,1-3H3,(H,79,80)(H,84,85,86)(H,87,88,89)(H,90,91,92)(H,93,94,95)(H,96,97,98)(H2,63,65,66,67,68);;. The number of aryl methyl sites for hydroxylation is 2. The lowest BCUT2D eigenvalue weighted by atomic mass is 10.1. The van der Waals surface area contributed by atoms with Gasteiger partial charge in [-0.2, -0.15) is 72.5 Å². The van der Waals surface area contributed by atoms with E-state index in [0.717, 1.165) is 59.6 Å². The van der Waals surface area contributed by atoms with Gasteiger partial charge in [-0.15, -0.1) is 79.5 Å². The lowest BCUT2D eigenvalue weighted by molar-refractivity contribution is -0.385. The number of imidazole rings is 1. The molecule has 9 rings (SSSR count). The molecule has 0 bridgehead atoms. The van der Waals surface area contributed by atoms with Gasteiger partial charge >= 0.3 is 27.2 Å². The number of aromatic nitrogens is 5. The second-order valence-corrected chi connectivity index (χ2v) is 34.7. The summed E-state index contributed by atoms with van der Waals surface area (Å²) in [5.41, 5.74) is 0.609. The van der Waals surface area contributed by atoms with Crippen LogP contribution in [0.3, 0.4) is 0 Å². The number of pyridine rings is 1. The molecule has 0 radical (unpaired) electrons. The average molecular weight is 1780 g/mol. The fourth-order valence-corrected chi connectivity index (χ4v) is 15.3. The quantitative estimate of drug-likeness (QED) is 0.00445. The number of nitriles is 1. The normalized spacial score (nSPS) is 12.1. The molecule has 54 heteroatoms. The number of carboxylic acids is 1. The third kappa shape index (κ3) is 28.5. The number of thioether (sulfide) groups is 3. The molecule has 0 saturated heterocycles. The Morgan fingerprint density at radius 1 is 0.583 bits per heavy atom. The predicted molar refractivity (Wildman–Crippen MR) is 412 cm³/mol. The van der Waals surface area contributed by atoms with Crippen molar-refractivity contribution in [1.82, 2.24) is 24.3 Å². The molecule has 3 heterocycles. The number of hydrogen-bond acceptors (Lipinski definition) is 39. The maximum Gasteiger partial charge on any atom is 0.425 e. The molecule has 0 unspecified atom stereocenters. The summed E-state index contributed by atoms with van der Waals surface area (Å²) in [6.45, 7) is 4.31. The summed E-state index contributed by atoms with van der Waals surface area (Å²) in [4.78, 5) is 39.2. The van der Waals surface area contributed by atoms with Crippen molar-refractivity contribution < 1.29 is 115 Å². The molecular formula is C61H59N17O27S10. The van der Waals surface area contributed by atoms with E-state index >= 15 is 0 Å². The number of para-hydroxylation sites is 2. The second-order valence-electron chi connectivity index (χ2n) is 23.0. The first-order chi connectivity index (χ1) is 53.9. The molecule has 6 aromatic carbocycles. The summed E-state index contributed by atoms with van der Waals surface area (Å²) >= 11 is 2.98. The fourth-order valence-electron chi connectivity index (χ4n) is 9.59. The minimum Gasteiger partial charge on any atom is -0.493 e. The molecule has 0 saturated carbocycles. The van der Waals surface area contributed by atoms with Gasteiger partial charge in [-0.3, -0.25) is 42.1 Å². The molecule has 0 aliphatic heterocycles. The summed E-state index contributed by atoms with van der Waals surface area (Å²) in [6.07, 6.45) is -0.603. The number of carbonyl (C=O) groups is 1. The Morgan fingerprint density at radius 2 is 1.10 bits per heavy atom. The molecule has 0 fully saturated rings. The predicted octanol–water partition coefficient (Wildman–Crippen LogP) is 12.1. The summed E-state index contributed by atoms with van der Waals surface area (Å²) < 4.78 is 227. The van der Waals surface area contributed by atoms with Crippen molar-refractivity contribution in [2.45, 2.75) is 77.6 Å². The first-order valence-electron chi connectivity index (χ1n) is 31.8. The highest BCUT2D eigenvalue weighted by atomic mass is 32.2. The van der Waals surface area contributed by atoms with E-state index in [-0.39, 0.29) is 162 Å². The molecule has 0 aliphatic rings. The molecule has 44 nitrogen and oxygen atoms in total. The second kappa shape index (κ2) is 40.4. The van der Waals surface area contributed by atoms with Crippen molar-refractivity contribution in [3.63, 3.8) is 0 Å². The zero-order chi connectivity index (χ0) is 84.9. The van der Waals surface area contributed by atoms with E-state index in [0.29, 0.717) is 22.7 Å². The van der Waals surface area contributed by atoms with Crippen LogP contribution in [0.5, 0.6) is 11.6 Å². The van der Waals surface area contributed by atoms with Gasteiger partial charge < -0.3 is 25.6 Å². The van der Waals surface area contributed by atoms with Crippen LogP contribution in [-0.2, 0) is 76.6 Å². The number of nitro benzene ring substituents is 1. The zero-order valence-corrected chi connectivity index (χ0v) is 67.1. The van der Waals surface area contributed by atoms with Crippen LogP contribution in [0.2, 0.25) is 0 Å². The van der Waals surface area contributed by atoms with Crippen LogP contribution in [0.1, 0.15) is 54.4 Å². The van der Waals surface area contributed by atoms with Crippen molar-refractivity contribution in [2.24, 2.45) is 40.9 Å². The van der Waals surface area contributed by atoms with Crippen LogP contribution in [0.15, 0.2) is 169 Å².